The molecule has 0 aromatic carbocycles. The molecule has 0 N–H and O–H groups in total. The maximum Gasteiger partial charge on any atom is 0.289 e. The number of piperazine rings is 1. The lowest BCUT2D eigenvalue weighted by Crippen LogP contribution is -2.47. The Balaban J connectivity index is 1.19. The quantitative estimate of drug-likeness (QED) is 0.486. The van der Waals surface area contributed by atoms with Crippen LogP contribution >= 0.6 is 11.8 Å². The summed E-state index contributed by atoms with van der Waals surface area (Å²) in [6.45, 7) is 5.05. The maximum atomic E-state index is 12.8. The highest BCUT2D eigenvalue weighted by atomic mass is 32.2. The second-order valence-corrected chi connectivity index (χ2v) is 9.78. The number of amides is 2. The van der Waals surface area contributed by atoms with Gasteiger partial charge < -0.3 is 4.90 Å². The van der Waals surface area contributed by atoms with E-state index >= 15 is 0 Å². The van der Waals surface area contributed by atoms with Gasteiger partial charge in [0.05, 0.1) is 5.56 Å². The molecule has 0 radical (unpaired) electrons. The average Bonchev–Trinajstić information content (AvgIpc) is 3.01. The zero-order valence-corrected chi connectivity index (χ0v) is 18.2. The van der Waals surface area contributed by atoms with Crippen LogP contribution in [0.4, 0.5) is 10.6 Å². The number of hydrogen-bond acceptors (Lipinski definition) is 7. The Bertz CT molecular complexity index is 788. The molecule has 1 aliphatic carbocycles. The van der Waals surface area contributed by atoms with E-state index in [1.807, 2.05) is 0 Å². The summed E-state index contributed by atoms with van der Waals surface area (Å²) >= 11 is 1.28. The van der Waals surface area contributed by atoms with Gasteiger partial charge in [-0.3, -0.25) is 24.2 Å². The molecule has 2 saturated heterocycles. The predicted octanol–water partition coefficient (Wildman–Crippen LogP) is 3.19. The summed E-state index contributed by atoms with van der Waals surface area (Å²) in [5.41, 5.74) is 0.638. The molecule has 2 aliphatic heterocycles. The topological polar surface area (TPSA) is 73.8 Å². The molecular formula is C22H30N4O3S. The van der Waals surface area contributed by atoms with E-state index < -0.39 is 4.75 Å². The molecule has 162 valence electrons. The summed E-state index contributed by atoms with van der Waals surface area (Å²) in [5.74, 6) is 0.833. The van der Waals surface area contributed by atoms with Gasteiger partial charge in [0.25, 0.3) is 5.24 Å². The van der Waals surface area contributed by atoms with Crippen molar-refractivity contribution < 1.29 is 14.4 Å². The Hall–Kier alpha value is -1.93. The number of aromatic nitrogens is 1. The highest BCUT2D eigenvalue weighted by Gasteiger charge is 2.52. The molecule has 1 aromatic heterocycles. The number of hydrogen-bond donors (Lipinski definition) is 0. The smallest absolute Gasteiger partial charge is 0.289 e. The van der Waals surface area contributed by atoms with Crippen molar-refractivity contribution in [1.29, 1.82) is 0 Å². The molecule has 30 heavy (non-hydrogen) atoms. The van der Waals surface area contributed by atoms with E-state index in [0.29, 0.717) is 12.1 Å². The number of imide groups is 1. The Labute approximate surface area is 182 Å². The molecule has 0 unspecified atom stereocenters. The molecule has 1 aromatic rings. The fraction of sp³-hybridized carbons (Fsp3) is 0.636. The molecule has 1 saturated carbocycles. The number of thioether (sulfide) groups is 1. The first kappa shape index (κ1) is 21.3. The van der Waals surface area contributed by atoms with Gasteiger partial charge in [0.1, 0.15) is 10.6 Å². The van der Waals surface area contributed by atoms with Crippen LogP contribution in [0.5, 0.6) is 0 Å². The molecule has 4 rings (SSSR count). The lowest BCUT2D eigenvalue weighted by atomic mass is 9.87. The highest BCUT2D eigenvalue weighted by Crippen LogP contribution is 2.47. The van der Waals surface area contributed by atoms with Crippen LogP contribution in [0.25, 0.3) is 0 Å². The lowest BCUT2D eigenvalue weighted by Gasteiger charge is -2.35. The third kappa shape index (κ3) is 4.39. The standard InChI is InChI=1S/C22H30N4O3S/c27-17-18-7-6-10-23-19(18)25-15-13-24(14-16-25)11-4-5-12-26-20(28)22(30-21(26)29)8-2-1-3-9-22/h6-7,10,17H,1-5,8-9,11-16H2. The fourth-order valence-electron chi connectivity index (χ4n) is 4.78. The van der Waals surface area contributed by atoms with Crippen LogP contribution in [0.3, 0.4) is 0 Å². The van der Waals surface area contributed by atoms with E-state index in [4.69, 9.17) is 0 Å². The summed E-state index contributed by atoms with van der Waals surface area (Å²) in [7, 11) is 0. The predicted molar refractivity (Wildman–Crippen MR) is 118 cm³/mol. The molecule has 2 amide bonds. The van der Waals surface area contributed by atoms with Crippen molar-refractivity contribution in [2.45, 2.75) is 49.7 Å². The van der Waals surface area contributed by atoms with Crippen molar-refractivity contribution in [1.82, 2.24) is 14.8 Å². The summed E-state index contributed by atoms with van der Waals surface area (Å²) in [6.07, 6.45) is 9.40. The first-order valence-electron chi connectivity index (χ1n) is 11.1. The van der Waals surface area contributed by atoms with E-state index in [2.05, 4.69) is 14.8 Å². The molecule has 7 nitrogen and oxygen atoms in total. The monoisotopic (exact) mass is 430 g/mol. The van der Waals surface area contributed by atoms with Gasteiger partial charge in [-0.15, -0.1) is 0 Å². The minimum absolute atomic E-state index is 0.0446. The zero-order valence-electron chi connectivity index (χ0n) is 17.4. The minimum atomic E-state index is -0.447. The Morgan fingerprint density at radius 1 is 1.03 bits per heavy atom. The van der Waals surface area contributed by atoms with E-state index in [1.54, 1.807) is 18.3 Å². The Kier molecular flexibility index (Phi) is 6.73. The normalized spacial score (nSPS) is 22.1. The van der Waals surface area contributed by atoms with E-state index in [9.17, 15) is 14.4 Å². The van der Waals surface area contributed by atoms with Crippen LogP contribution in [0.1, 0.15) is 55.3 Å². The molecule has 0 bridgehead atoms. The molecule has 3 fully saturated rings. The van der Waals surface area contributed by atoms with Crippen LogP contribution in [-0.4, -0.2) is 76.2 Å². The molecule has 1 spiro atoms. The van der Waals surface area contributed by atoms with Crippen LogP contribution < -0.4 is 4.90 Å². The van der Waals surface area contributed by atoms with Crippen LogP contribution in [0.2, 0.25) is 0 Å². The van der Waals surface area contributed by atoms with Gasteiger partial charge in [0.2, 0.25) is 5.91 Å². The van der Waals surface area contributed by atoms with Gasteiger partial charge in [0.15, 0.2) is 6.29 Å². The van der Waals surface area contributed by atoms with Gasteiger partial charge in [0, 0.05) is 38.9 Å². The van der Waals surface area contributed by atoms with Crippen molar-refractivity contribution in [2.24, 2.45) is 0 Å². The number of aldehydes is 1. The van der Waals surface area contributed by atoms with E-state index in [1.165, 1.54) is 23.1 Å². The number of rotatable bonds is 7. The second-order valence-electron chi connectivity index (χ2n) is 8.45. The number of carbonyl (C=O) groups excluding carboxylic acids is 3. The van der Waals surface area contributed by atoms with Crippen LogP contribution in [0.15, 0.2) is 18.3 Å². The maximum absolute atomic E-state index is 12.8. The third-order valence-electron chi connectivity index (χ3n) is 6.52. The van der Waals surface area contributed by atoms with Crippen molar-refractivity contribution in [3.05, 3.63) is 23.9 Å². The van der Waals surface area contributed by atoms with E-state index in [0.717, 1.165) is 83.4 Å². The fourth-order valence-corrected chi connectivity index (χ4v) is 6.09. The largest absolute Gasteiger partial charge is 0.353 e. The molecule has 3 heterocycles. The van der Waals surface area contributed by atoms with Gasteiger partial charge in [-0.25, -0.2) is 4.98 Å². The molecule has 3 aliphatic rings. The van der Waals surface area contributed by atoms with Crippen molar-refractivity contribution in [2.75, 3.05) is 44.2 Å². The summed E-state index contributed by atoms with van der Waals surface area (Å²) in [6, 6.07) is 3.59. The third-order valence-corrected chi connectivity index (χ3v) is 7.89. The summed E-state index contributed by atoms with van der Waals surface area (Å²) < 4.78 is -0.447. The number of nitrogens with zero attached hydrogens (tertiary/aromatic N) is 4. The average molecular weight is 431 g/mol. The van der Waals surface area contributed by atoms with Crippen molar-refractivity contribution in [3.8, 4) is 0 Å². The minimum Gasteiger partial charge on any atom is -0.353 e. The Morgan fingerprint density at radius 3 is 2.50 bits per heavy atom. The van der Waals surface area contributed by atoms with E-state index in [-0.39, 0.29) is 11.1 Å². The molecular weight excluding hydrogens is 400 g/mol. The number of anilines is 1. The van der Waals surface area contributed by atoms with Crippen molar-refractivity contribution in [3.63, 3.8) is 0 Å². The van der Waals surface area contributed by atoms with Crippen LogP contribution in [-0.2, 0) is 4.79 Å². The summed E-state index contributed by atoms with van der Waals surface area (Å²) in [4.78, 5) is 46.9. The highest BCUT2D eigenvalue weighted by molar-refractivity contribution is 8.16. The zero-order chi connectivity index (χ0) is 21.0. The van der Waals surface area contributed by atoms with Crippen LogP contribution in [0, 0.1) is 0 Å². The van der Waals surface area contributed by atoms with Gasteiger partial charge in [-0.05, 0) is 56.1 Å². The molecule has 0 atom stereocenters. The summed E-state index contributed by atoms with van der Waals surface area (Å²) in [5, 5.41) is -0.0446. The SMILES string of the molecule is O=Cc1cccnc1N1CCN(CCCCN2C(=O)SC3(CCCCC3)C2=O)CC1. The second kappa shape index (κ2) is 9.47. The molecule has 8 heteroatoms. The Morgan fingerprint density at radius 2 is 1.77 bits per heavy atom. The van der Waals surface area contributed by atoms with Gasteiger partial charge >= 0.3 is 0 Å². The van der Waals surface area contributed by atoms with Crippen molar-refractivity contribution >= 4 is 35.0 Å². The van der Waals surface area contributed by atoms with Gasteiger partial charge in [-0.1, -0.05) is 19.3 Å². The first-order chi connectivity index (χ1) is 14.6. The number of unbranched alkanes of at least 4 members (excludes halogenated alkanes) is 1. The lowest BCUT2D eigenvalue weighted by molar-refractivity contribution is -0.130. The van der Waals surface area contributed by atoms with Gasteiger partial charge in [-0.2, -0.15) is 0 Å². The number of carbonyl (C=O) groups is 3. The first-order valence-corrected chi connectivity index (χ1v) is 11.9. The number of pyridine rings is 1.